The molecule has 0 saturated carbocycles. The van der Waals surface area contributed by atoms with Gasteiger partial charge in [-0.3, -0.25) is 14.8 Å². The molecular formula is C17H15N3O. The van der Waals surface area contributed by atoms with Crippen molar-refractivity contribution in [1.29, 1.82) is 0 Å². The minimum atomic E-state index is -0.576. The van der Waals surface area contributed by atoms with Gasteiger partial charge in [-0.1, -0.05) is 42.5 Å². The Bertz CT molecular complexity index is 757. The van der Waals surface area contributed by atoms with Crippen LogP contribution in [0.15, 0.2) is 79.3 Å². The highest BCUT2D eigenvalue weighted by atomic mass is 16.1. The van der Waals surface area contributed by atoms with Crippen molar-refractivity contribution in [2.75, 3.05) is 0 Å². The summed E-state index contributed by atoms with van der Waals surface area (Å²) in [4.78, 5) is 19.6. The second-order valence-corrected chi connectivity index (χ2v) is 4.19. The Morgan fingerprint density at radius 1 is 0.810 bits per heavy atom. The SMILES string of the molecule is NC(=O)c1ccccnccccc2ccccc2cn1. The maximum Gasteiger partial charge on any atom is 0.267 e. The van der Waals surface area contributed by atoms with Crippen molar-refractivity contribution in [3.63, 3.8) is 0 Å². The number of aromatic nitrogens is 2. The number of hydrogen-bond acceptors (Lipinski definition) is 3. The molecule has 1 amide bonds. The molecular weight excluding hydrogens is 262 g/mol. The summed E-state index contributed by atoms with van der Waals surface area (Å²) in [6, 6.07) is 18.3. The number of rotatable bonds is 1. The summed E-state index contributed by atoms with van der Waals surface area (Å²) in [6.07, 6.45) is 4.93. The molecule has 0 spiro atoms. The van der Waals surface area contributed by atoms with Crippen LogP contribution in [0.5, 0.6) is 0 Å². The number of benzene rings is 1. The molecule has 0 fully saturated rings. The summed E-state index contributed by atoms with van der Waals surface area (Å²) in [5, 5.41) is 1.89. The summed E-state index contributed by atoms with van der Waals surface area (Å²) in [5.41, 5.74) is 5.50. The lowest BCUT2D eigenvalue weighted by atomic mass is 10.2. The summed E-state index contributed by atoms with van der Waals surface area (Å²) >= 11 is 0. The predicted molar refractivity (Wildman–Crippen MR) is 83.3 cm³/mol. The minimum Gasteiger partial charge on any atom is -0.364 e. The van der Waals surface area contributed by atoms with Crippen molar-refractivity contribution >= 4 is 16.7 Å². The first kappa shape index (κ1) is 14.4. The van der Waals surface area contributed by atoms with Gasteiger partial charge in [0.1, 0.15) is 5.69 Å². The highest BCUT2D eigenvalue weighted by Gasteiger charge is 1.96. The Labute approximate surface area is 123 Å². The van der Waals surface area contributed by atoms with E-state index in [4.69, 9.17) is 5.73 Å². The van der Waals surface area contributed by atoms with Crippen molar-refractivity contribution in [1.82, 2.24) is 9.97 Å². The fourth-order valence-electron chi connectivity index (χ4n) is 1.66. The molecule has 0 aliphatic heterocycles. The third-order valence-electron chi connectivity index (χ3n) is 2.69. The monoisotopic (exact) mass is 277 g/mol. The molecule has 1 aromatic carbocycles. The van der Waals surface area contributed by atoms with Gasteiger partial charge in [0.05, 0.1) is 0 Å². The number of carbonyl (C=O) groups is 1. The van der Waals surface area contributed by atoms with Crippen LogP contribution in [-0.4, -0.2) is 15.9 Å². The van der Waals surface area contributed by atoms with Crippen molar-refractivity contribution < 1.29 is 4.79 Å². The Morgan fingerprint density at radius 3 is 2.05 bits per heavy atom. The number of carbonyl (C=O) groups excluding carboxylic acids is 1. The van der Waals surface area contributed by atoms with E-state index in [-0.39, 0.29) is 5.69 Å². The van der Waals surface area contributed by atoms with Crippen LogP contribution in [0, 0.1) is 0 Å². The van der Waals surface area contributed by atoms with Gasteiger partial charge in [0.25, 0.3) is 5.91 Å². The van der Waals surface area contributed by atoms with E-state index in [0.29, 0.717) is 0 Å². The summed E-state index contributed by atoms with van der Waals surface area (Å²) < 4.78 is 0. The third-order valence-corrected chi connectivity index (χ3v) is 2.69. The summed E-state index contributed by atoms with van der Waals surface area (Å²) in [5.74, 6) is -0.576. The lowest BCUT2D eigenvalue weighted by Crippen LogP contribution is -2.11. The standard InChI is InChI=1S/C17H15N3O/c18-17(21)16-10-4-6-12-19-11-5-3-8-14-7-1-2-9-15(14)13-20-16/h1-13H,(H2,18,21). The molecule has 0 aliphatic rings. The van der Waals surface area contributed by atoms with Gasteiger partial charge in [-0.05, 0) is 29.0 Å². The molecule has 21 heavy (non-hydrogen) atoms. The first-order valence-electron chi connectivity index (χ1n) is 6.43. The van der Waals surface area contributed by atoms with Crippen molar-refractivity contribution in [2.24, 2.45) is 5.73 Å². The van der Waals surface area contributed by atoms with Gasteiger partial charge in [0.15, 0.2) is 0 Å². The van der Waals surface area contributed by atoms with Gasteiger partial charge in [-0.2, -0.15) is 0 Å². The van der Waals surface area contributed by atoms with Crippen LogP contribution < -0.4 is 5.73 Å². The van der Waals surface area contributed by atoms with Gasteiger partial charge >= 0.3 is 0 Å². The number of hydrogen-bond donors (Lipinski definition) is 1. The van der Waals surface area contributed by atoms with Crippen LogP contribution in [0.2, 0.25) is 0 Å². The number of amides is 1. The van der Waals surface area contributed by atoms with Gasteiger partial charge in [0, 0.05) is 18.6 Å². The van der Waals surface area contributed by atoms with Crippen LogP contribution in [-0.2, 0) is 0 Å². The normalized spacial score (nSPS) is 9.33. The lowest BCUT2D eigenvalue weighted by Gasteiger charge is -1.92. The van der Waals surface area contributed by atoms with Crippen molar-refractivity contribution in [3.8, 4) is 0 Å². The zero-order chi connectivity index (χ0) is 14.9. The number of nitrogens with two attached hydrogens (primary N) is 1. The molecule has 2 rings (SSSR count). The fourth-order valence-corrected chi connectivity index (χ4v) is 1.66. The number of primary amides is 1. The van der Waals surface area contributed by atoms with Crippen LogP contribution >= 0.6 is 0 Å². The highest BCUT2D eigenvalue weighted by molar-refractivity contribution is 5.90. The van der Waals surface area contributed by atoms with Crippen LogP contribution in [0.1, 0.15) is 10.5 Å². The Morgan fingerprint density at radius 2 is 1.38 bits per heavy atom. The van der Waals surface area contributed by atoms with Gasteiger partial charge < -0.3 is 5.73 Å². The van der Waals surface area contributed by atoms with E-state index in [1.54, 1.807) is 36.8 Å². The van der Waals surface area contributed by atoms with Crippen LogP contribution in [0.4, 0.5) is 0 Å². The molecule has 0 aliphatic carbocycles. The average molecular weight is 277 g/mol. The van der Waals surface area contributed by atoms with Crippen molar-refractivity contribution in [2.45, 2.75) is 0 Å². The minimum absolute atomic E-state index is 0.186. The van der Waals surface area contributed by atoms with E-state index in [0.717, 1.165) is 10.8 Å². The molecule has 4 heteroatoms. The first-order valence-corrected chi connectivity index (χ1v) is 6.43. The van der Waals surface area contributed by atoms with E-state index in [2.05, 4.69) is 9.97 Å². The zero-order valence-corrected chi connectivity index (χ0v) is 11.4. The second kappa shape index (κ2) is 7.55. The van der Waals surface area contributed by atoms with Gasteiger partial charge in [-0.15, -0.1) is 0 Å². The van der Waals surface area contributed by atoms with Crippen LogP contribution in [0.3, 0.4) is 0 Å². The number of nitrogens with zero attached hydrogens (tertiary/aromatic N) is 2. The molecule has 1 aromatic heterocycles. The maximum atomic E-state index is 11.4. The smallest absolute Gasteiger partial charge is 0.267 e. The molecule has 0 atom stereocenters. The largest absolute Gasteiger partial charge is 0.364 e. The molecule has 1 heterocycles. The van der Waals surface area contributed by atoms with E-state index in [1.165, 1.54) is 0 Å². The van der Waals surface area contributed by atoms with E-state index >= 15 is 0 Å². The quantitative estimate of drug-likeness (QED) is 0.871. The third kappa shape index (κ3) is 4.54. The average Bonchev–Trinajstić information content (AvgIpc) is 2.49. The van der Waals surface area contributed by atoms with Gasteiger partial charge in [-0.25, -0.2) is 0 Å². The van der Waals surface area contributed by atoms with Gasteiger partial charge in [0.2, 0.25) is 0 Å². The molecule has 2 aromatic rings. The molecule has 0 bridgehead atoms. The summed E-state index contributed by atoms with van der Waals surface area (Å²) in [6.45, 7) is 0. The first-order chi connectivity index (χ1) is 10.3. The second-order valence-electron chi connectivity index (χ2n) is 4.19. The Hall–Kier alpha value is -3.01. The Kier molecular flexibility index (Phi) is 5.18. The maximum absolute atomic E-state index is 11.4. The predicted octanol–water partition coefficient (Wildman–Crippen LogP) is 2.98. The van der Waals surface area contributed by atoms with E-state index in [1.807, 2.05) is 42.5 Å². The topological polar surface area (TPSA) is 68.9 Å². The fraction of sp³-hybridized carbons (Fsp3) is 0. The lowest BCUT2D eigenvalue weighted by molar-refractivity contribution is 0.0996. The highest BCUT2D eigenvalue weighted by Crippen LogP contribution is 2.08. The summed E-state index contributed by atoms with van der Waals surface area (Å²) in [7, 11) is 0. The van der Waals surface area contributed by atoms with E-state index in [9.17, 15) is 4.79 Å². The molecule has 0 saturated heterocycles. The van der Waals surface area contributed by atoms with Crippen molar-refractivity contribution in [3.05, 3.63) is 84.9 Å². The molecule has 0 unspecified atom stereocenters. The molecule has 2 N–H and O–H groups in total. The molecule has 104 valence electrons. The van der Waals surface area contributed by atoms with Crippen LogP contribution in [0.25, 0.3) is 10.8 Å². The zero-order valence-electron chi connectivity index (χ0n) is 11.4. The Balaban J connectivity index is 2.74. The number of fused-ring (bicyclic) bond motifs is 1. The van der Waals surface area contributed by atoms with E-state index < -0.39 is 5.91 Å². The molecule has 0 radical (unpaired) electrons. The molecule has 4 nitrogen and oxygen atoms in total.